The van der Waals surface area contributed by atoms with Crippen LogP contribution in [0.3, 0.4) is 0 Å². The van der Waals surface area contributed by atoms with E-state index in [1.165, 1.54) is 5.56 Å². The van der Waals surface area contributed by atoms with Crippen LogP contribution < -0.4 is 4.74 Å². The fourth-order valence-corrected chi connectivity index (χ4v) is 2.08. The van der Waals surface area contributed by atoms with Gasteiger partial charge in [0.05, 0.1) is 18.5 Å². The molecule has 0 aliphatic rings. The summed E-state index contributed by atoms with van der Waals surface area (Å²) in [5.41, 5.74) is 2.33. The van der Waals surface area contributed by atoms with E-state index in [9.17, 15) is 0 Å². The van der Waals surface area contributed by atoms with Crippen LogP contribution in [0.25, 0.3) is 0 Å². The SMILES string of the molecule is CCOc1ccc(C(CC)Cc2cn[nH]n2)cc1. The zero-order valence-corrected chi connectivity index (χ0v) is 10.9. The summed E-state index contributed by atoms with van der Waals surface area (Å²) in [6, 6.07) is 8.34. The normalized spacial score (nSPS) is 12.3. The van der Waals surface area contributed by atoms with Crippen molar-refractivity contribution in [1.82, 2.24) is 15.4 Å². The molecule has 4 nitrogen and oxygen atoms in total. The number of ether oxygens (including phenoxy) is 1. The number of aromatic amines is 1. The van der Waals surface area contributed by atoms with E-state index in [0.717, 1.165) is 24.3 Å². The highest BCUT2D eigenvalue weighted by molar-refractivity contribution is 5.30. The lowest BCUT2D eigenvalue weighted by atomic mass is 9.92. The van der Waals surface area contributed by atoms with Gasteiger partial charge in [-0.25, -0.2) is 0 Å². The molecule has 0 amide bonds. The van der Waals surface area contributed by atoms with Crippen molar-refractivity contribution >= 4 is 0 Å². The van der Waals surface area contributed by atoms with Crippen LogP contribution in [-0.2, 0) is 6.42 Å². The molecule has 0 saturated heterocycles. The molecule has 1 aromatic carbocycles. The number of rotatable bonds is 6. The van der Waals surface area contributed by atoms with E-state index < -0.39 is 0 Å². The van der Waals surface area contributed by atoms with Crippen molar-refractivity contribution in [2.45, 2.75) is 32.6 Å². The Bertz CT molecular complexity index is 450. The summed E-state index contributed by atoms with van der Waals surface area (Å²) in [7, 11) is 0. The molecule has 1 heterocycles. The predicted molar refractivity (Wildman–Crippen MR) is 70.7 cm³/mol. The van der Waals surface area contributed by atoms with E-state index in [2.05, 4.69) is 34.5 Å². The fourth-order valence-electron chi connectivity index (χ4n) is 2.08. The monoisotopic (exact) mass is 245 g/mol. The highest BCUT2D eigenvalue weighted by Gasteiger charge is 2.12. The average Bonchev–Trinajstić information content (AvgIpc) is 2.90. The molecule has 1 N–H and O–H groups in total. The number of H-pyrrole nitrogens is 1. The van der Waals surface area contributed by atoms with Crippen LogP contribution in [0.1, 0.15) is 37.4 Å². The molecule has 0 fully saturated rings. The van der Waals surface area contributed by atoms with Gasteiger partial charge < -0.3 is 4.74 Å². The van der Waals surface area contributed by atoms with Crippen molar-refractivity contribution in [1.29, 1.82) is 0 Å². The van der Waals surface area contributed by atoms with Gasteiger partial charge in [0.15, 0.2) is 0 Å². The Morgan fingerprint density at radius 2 is 2.00 bits per heavy atom. The first-order chi connectivity index (χ1) is 8.83. The first-order valence-electron chi connectivity index (χ1n) is 6.40. The van der Waals surface area contributed by atoms with Gasteiger partial charge in [0.25, 0.3) is 0 Å². The zero-order chi connectivity index (χ0) is 12.8. The highest BCUT2D eigenvalue weighted by Crippen LogP contribution is 2.25. The van der Waals surface area contributed by atoms with Crippen molar-refractivity contribution in [3.63, 3.8) is 0 Å². The highest BCUT2D eigenvalue weighted by atomic mass is 16.5. The minimum absolute atomic E-state index is 0.478. The molecule has 1 atom stereocenters. The largest absolute Gasteiger partial charge is 0.494 e. The number of aromatic nitrogens is 3. The summed E-state index contributed by atoms with van der Waals surface area (Å²) in [6.45, 7) is 4.89. The Labute approximate surface area is 107 Å². The van der Waals surface area contributed by atoms with E-state index in [-0.39, 0.29) is 0 Å². The second kappa shape index (κ2) is 6.19. The molecular weight excluding hydrogens is 226 g/mol. The third-order valence-corrected chi connectivity index (χ3v) is 3.08. The maximum absolute atomic E-state index is 5.45. The quantitative estimate of drug-likeness (QED) is 0.851. The first kappa shape index (κ1) is 12.6. The summed E-state index contributed by atoms with van der Waals surface area (Å²) in [4.78, 5) is 0. The summed E-state index contributed by atoms with van der Waals surface area (Å²) >= 11 is 0. The molecule has 0 radical (unpaired) electrons. The van der Waals surface area contributed by atoms with Gasteiger partial charge in [0.2, 0.25) is 0 Å². The van der Waals surface area contributed by atoms with Crippen LogP contribution in [0, 0.1) is 0 Å². The molecule has 0 saturated carbocycles. The Morgan fingerprint density at radius 3 is 2.56 bits per heavy atom. The van der Waals surface area contributed by atoms with E-state index in [0.29, 0.717) is 12.5 Å². The zero-order valence-electron chi connectivity index (χ0n) is 10.9. The first-order valence-corrected chi connectivity index (χ1v) is 6.40. The Morgan fingerprint density at radius 1 is 1.22 bits per heavy atom. The number of hydrogen-bond acceptors (Lipinski definition) is 3. The van der Waals surface area contributed by atoms with E-state index >= 15 is 0 Å². The van der Waals surface area contributed by atoms with Crippen LogP contribution in [0.4, 0.5) is 0 Å². The molecule has 2 aromatic rings. The van der Waals surface area contributed by atoms with Crippen LogP contribution in [-0.4, -0.2) is 22.0 Å². The minimum atomic E-state index is 0.478. The molecular formula is C14H19N3O. The van der Waals surface area contributed by atoms with E-state index in [1.807, 2.05) is 19.1 Å². The van der Waals surface area contributed by atoms with E-state index in [1.54, 1.807) is 6.20 Å². The summed E-state index contributed by atoms with van der Waals surface area (Å²) < 4.78 is 5.45. The molecule has 96 valence electrons. The Kier molecular flexibility index (Phi) is 4.34. The lowest BCUT2D eigenvalue weighted by Gasteiger charge is -2.14. The minimum Gasteiger partial charge on any atom is -0.494 e. The number of nitrogens with zero attached hydrogens (tertiary/aromatic N) is 2. The lowest BCUT2D eigenvalue weighted by Crippen LogP contribution is -2.02. The van der Waals surface area contributed by atoms with Crippen molar-refractivity contribution in [3.05, 3.63) is 41.7 Å². The van der Waals surface area contributed by atoms with Gasteiger partial charge in [-0.3, -0.25) is 0 Å². The van der Waals surface area contributed by atoms with Crippen LogP contribution in [0.5, 0.6) is 5.75 Å². The van der Waals surface area contributed by atoms with Gasteiger partial charge in [-0.15, -0.1) is 0 Å². The van der Waals surface area contributed by atoms with Crippen LogP contribution >= 0.6 is 0 Å². The van der Waals surface area contributed by atoms with Gasteiger partial charge in [0, 0.05) is 0 Å². The van der Waals surface area contributed by atoms with Crippen LogP contribution in [0.15, 0.2) is 30.5 Å². The van der Waals surface area contributed by atoms with Crippen LogP contribution in [0.2, 0.25) is 0 Å². The molecule has 0 aliphatic heterocycles. The standard InChI is InChI=1S/C14H19N3O/c1-3-11(9-13-10-15-17-16-13)12-5-7-14(8-6-12)18-4-2/h5-8,10-11H,3-4,9H2,1-2H3,(H,15,16,17). The van der Waals surface area contributed by atoms with Gasteiger partial charge >= 0.3 is 0 Å². The van der Waals surface area contributed by atoms with Crippen molar-refractivity contribution in [3.8, 4) is 5.75 Å². The second-order valence-electron chi connectivity index (χ2n) is 4.27. The van der Waals surface area contributed by atoms with Crippen molar-refractivity contribution in [2.24, 2.45) is 0 Å². The number of nitrogens with one attached hydrogen (secondary N) is 1. The summed E-state index contributed by atoms with van der Waals surface area (Å²) in [6.07, 6.45) is 3.79. The summed E-state index contributed by atoms with van der Waals surface area (Å²) in [5.74, 6) is 1.41. The smallest absolute Gasteiger partial charge is 0.119 e. The molecule has 1 unspecified atom stereocenters. The maximum atomic E-state index is 5.45. The number of benzene rings is 1. The van der Waals surface area contributed by atoms with Crippen molar-refractivity contribution in [2.75, 3.05) is 6.61 Å². The molecule has 0 aliphatic carbocycles. The predicted octanol–water partition coefficient (Wildman–Crippen LogP) is 2.94. The lowest BCUT2D eigenvalue weighted by molar-refractivity contribution is 0.340. The van der Waals surface area contributed by atoms with Gasteiger partial charge in [-0.1, -0.05) is 19.1 Å². The van der Waals surface area contributed by atoms with E-state index in [4.69, 9.17) is 4.74 Å². The van der Waals surface area contributed by atoms with Gasteiger partial charge in [0.1, 0.15) is 5.75 Å². The third kappa shape index (κ3) is 3.09. The van der Waals surface area contributed by atoms with Gasteiger partial charge in [-0.05, 0) is 43.4 Å². The average molecular weight is 245 g/mol. The summed E-state index contributed by atoms with van der Waals surface area (Å²) in [5, 5.41) is 10.6. The molecule has 0 spiro atoms. The maximum Gasteiger partial charge on any atom is 0.119 e. The second-order valence-corrected chi connectivity index (χ2v) is 4.27. The molecule has 1 aromatic heterocycles. The Balaban J connectivity index is 2.07. The molecule has 4 heteroatoms. The topological polar surface area (TPSA) is 50.8 Å². The fraction of sp³-hybridized carbons (Fsp3) is 0.429. The third-order valence-electron chi connectivity index (χ3n) is 3.08. The van der Waals surface area contributed by atoms with Gasteiger partial charge in [-0.2, -0.15) is 15.4 Å². The molecule has 0 bridgehead atoms. The van der Waals surface area contributed by atoms with Crippen molar-refractivity contribution < 1.29 is 4.74 Å². The number of hydrogen-bond donors (Lipinski definition) is 1. The molecule has 2 rings (SSSR count). The Hall–Kier alpha value is -1.84. The molecule has 18 heavy (non-hydrogen) atoms.